The first-order valence-corrected chi connectivity index (χ1v) is 8.33. The Hall–Kier alpha value is -0.740. The van der Waals surface area contributed by atoms with Crippen LogP contribution in [0.5, 0.6) is 11.5 Å². The minimum atomic E-state index is 0.628. The van der Waals surface area contributed by atoms with E-state index >= 15 is 0 Å². The topological polar surface area (TPSA) is 30.5 Å². The molecule has 1 aromatic carbocycles. The Balaban J connectivity index is 1.61. The Bertz CT molecular complexity index is 470. The molecule has 1 aromatic rings. The maximum Gasteiger partial charge on any atom is 0.175 e. The molecule has 0 aromatic heterocycles. The van der Waals surface area contributed by atoms with Crippen molar-refractivity contribution in [2.45, 2.75) is 45.2 Å². The fourth-order valence-corrected chi connectivity index (χ4v) is 3.60. The quantitative estimate of drug-likeness (QED) is 0.906. The second-order valence-electron chi connectivity index (χ2n) is 5.94. The fraction of sp³-hybridized carbons (Fsp3) is 0.625. The van der Waals surface area contributed by atoms with Gasteiger partial charge < -0.3 is 14.8 Å². The molecule has 1 N–H and O–H groups in total. The predicted molar refractivity (Wildman–Crippen MR) is 83.4 cm³/mol. The Kier molecular flexibility index (Phi) is 4.51. The smallest absolute Gasteiger partial charge is 0.175 e. The van der Waals surface area contributed by atoms with E-state index in [4.69, 9.17) is 9.47 Å². The SMILES string of the molecule is CC1CCC(NCc2cc(Br)c3c(c2)OCCO3)CC1. The first-order chi connectivity index (χ1) is 9.72. The highest BCUT2D eigenvalue weighted by Crippen LogP contribution is 2.38. The summed E-state index contributed by atoms with van der Waals surface area (Å²) in [6.45, 7) is 4.52. The minimum absolute atomic E-state index is 0.628. The van der Waals surface area contributed by atoms with Crippen molar-refractivity contribution in [1.82, 2.24) is 5.32 Å². The molecule has 0 saturated heterocycles. The summed E-state index contributed by atoms with van der Waals surface area (Å²) in [4.78, 5) is 0. The lowest BCUT2D eigenvalue weighted by Gasteiger charge is -2.27. The van der Waals surface area contributed by atoms with E-state index in [-0.39, 0.29) is 0 Å². The zero-order valence-electron chi connectivity index (χ0n) is 12.0. The van der Waals surface area contributed by atoms with Gasteiger partial charge in [-0.1, -0.05) is 6.92 Å². The third-order valence-corrected chi connectivity index (χ3v) is 4.86. The van der Waals surface area contributed by atoms with Gasteiger partial charge in [0.25, 0.3) is 0 Å². The lowest BCUT2D eigenvalue weighted by molar-refractivity contribution is 0.170. The Morgan fingerprint density at radius 2 is 1.90 bits per heavy atom. The average Bonchev–Trinajstić information content (AvgIpc) is 2.47. The van der Waals surface area contributed by atoms with E-state index in [2.05, 4.69) is 40.3 Å². The second kappa shape index (κ2) is 6.35. The zero-order valence-corrected chi connectivity index (χ0v) is 13.5. The predicted octanol–water partition coefficient (Wildman–Crippen LogP) is 3.89. The zero-order chi connectivity index (χ0) is 13.9. The molecule has 0 bridgehead atoms. The van der Waals surface area contributed by atoms with E-state index in [1.807, 2.05) is 0 Å². The summed E-state index contributed by atoms with van der Waals surface area (Å²) in [6.07, 6.45) is 5.30. The number of fused-ring (bicyclic) bond motifs is 1. The third-order valence-electron chi connectivity index (χ3n) is 4.27. The minimum Gasteiger partial charge on any atom is -0.486 e. The number of hydrogen-bond acceptors (Lipinski definition) is 3. The normalized spacial score (nSPS) is 25.5. The lowest BCUT2D eigenvalue weighted by Crippen LogP contribution is -2.32. The summed E-state index contributed by atoms with van der Waals surface area (Å²) in [5.41, 5.74) is 1.25. The van der Waals surface area contributed by atoms with Gasteiger partial charge in [0, 0.05) is 12.6 Å². The monoisotopic (exact) mass is 339 g/mol. The first-order valence-electron chi connectivity index (χ1n) is 7.54. The summed E-state index contributed by atoms with van der Waals surface area (Å²) in [6, 6.07) is 4.89. The van der Waals surface area contributed by atoms with Crippen LogP contribution in [0.15, 0.2) is 16.6 Å². The van der Waals surface area contributed by atoms with Crippen molar-refractivity contribution in [2.75, 3.05) is 13.2 Å². The maximum atomic E-state index is 5.67. The van der Waals surface area contributed by atoms with E-state index < -0.39 is 0 Å². The molecule has 4 heteroatoms. The number of nitrogens with one attached hydrogen (secondary N) is 1. The molecule has 0 amide bonds. The van der Waals surface area contributed by atoms with E-state index in [1.54, 1.807) is 0 Å². The van der Waals surface area contributed by atoms with Crippen molar-refractivity contribution in [1.29, 1.82) is 0 Å². The van der Waals surface area contributed by atoms with Gasteiger partial charge in [-0.05, 0) is 65.2 Å². The lowest BCUT2D eigenvalue weighted by atomic mass is 9.87. The molecular weight excluding hydrogens is 318 g/mol. The number of hydrogen-bond donors (Lipinski definition) is 1. The van der Waals surface area contributed by atoms with Crippen molar-refractivity contribution in [3.05, 3.63) is 22.2 Å². The van der Waals surface area contributed by atoms with Gasteiger partial charge in [-0.15, -0.1) is 0 Å². The Morgan fingerprint density at radius 1 is 1.15 bits per heavy atom. The van der Waals surface area contributed by atoms with E-state index in [1.165, 1.54) is 31.2 Å². The molecule has 0 atom stereocenters. The molecule has 3 nitrogen and oxygen atoms in total. The first kappa shape index (κ1) is 14.2. The van der Waals surface area contributed by atoms with E-state index in [9.17, 15) is 0 Å². The number of ether oxygens (including phenoxy) is 2. The summed E-state index contributed by atoms with van der Waals surface area (Å²) >= 11 is 3.57. The molecule has 1 aliphatic heterocycles. The van der Waals surface area contributed by atoms with Crippen LogP contribution in [0.2, 0.25) is 0 Å². The van der Waals surface area contributed by atoms with Gasteiger partial charge in [-0.25, -0.2) is 0 Å². The Labute approximate surface area is 129 Å². The molecule has 3 rings (SSSR count). The van der Waals surface area contributed by atoms with Gasteiger partial charge in [-0.3, -0.25) is 0 Å². The molecule has 1 heterocycles. The average molecular weight is 340 g/mol. The van der Waals surface area contributed by atoms with Crippen LogP contribution in [-0.2, 0) is 6.54 Å². The molecule has 1 saturated carbocycles. The summed E-state index contributed by atoms with van der Waals surface area (Å²) < 4.78 is 12.3. The third kappa shape index (κ3) is 3.29. The molecule has 1 fully saturated rings. The number of halogens is 1. The molecule has 2 aliphatic rings. The van der Waals surface area contributed by atoms with Gasteiger partial charge in [0.2, 0.25) is 0 Å². The van der Waals surface area contributed by atoms with Gasteiger partial charge in [0.05, 0.1) is 4.47 Å². The molecule has 0 radical (unpaired) electrons. The van der Waals surface area contributed by atoms with Crippen molar-refractivity contribution < 1.29 is 9.47 Å². The van der Waals surface area contributed by atoms with E-state index in [0.717, 1.165) is 28.4 Å². The van der Waals surface area contributed by atoms with Crippen LogP contribution >= 0.6 is 15.9 Å². The van der Waals surface area contributed by atoms with Crippen LogP contribution in [-0.4, -0.2) is 19.3 Å². The highest BCUT2D eigenvalue weighted by Gasteiger charge is 2.19. The van der Waals surface area contributed by atoms with Crippen LogP contribution in [0, 0.1) is 5.92 Å². The standard InChI is InChI=1S/C16H22BrNO2/c1-11-2-4-13(5-3-11)18-10-12-8-14(17)16-15(9-12)19-6-7-20-16/h8-9,11,13,18H,2-7,10H2,1H3. The van der Waals surface area contributed by atoms with Crippen molar-refractivity contribution in [3.8, 4) is 11.5 Å². The van der Waals surface area contributed by atoms with Crippen molar-refractivity contribution in [3.63, 3.8) is 0 Å². The van der Waals surface area contributed by atoms with Gasteiger partial charge in [0.1, 0.15) is 13.2 Å². The summed E-state index contributed by atoms with van der Waals surface area (Å²) in [5, 5.41) is 3.68. The number of benzene rings is 1. The van der Waals surface area contributed by atoms with E-state index in [0.29, 0.717) is 19.3 Å². The van der Waals surface area contributed by atoms with Crippen LogP contribution < -0.4 is 14.8 Å². The van der Waals surface area contributed by atoms with Crippen LogP contribution in [0.3, 0.4) is 0 Å². The highest BCUT2D eigenvalue weighted by molar-refractivity contribution is 9.10. The Morgan fingerprint density at radius 3 is 2.70 bits per heavy atom. The highest BCUT2D eigenvalue weighted by atomic mass is 79.9. The van der Waals surface area contributed by atoms with Crippen LogP contribution in [0.1, 0.15) is 38.2 Å². The summed E-state index contributed by atoms with van der Waals surface area (Å²) in [5.74, 6) is 2.60. The second-order valence-corrected chi connectivity index (χ2v) is 6.79. The molecule has 0 spiro atoms. The molecule has 20 heavy (non-hydrogen) atoms. The van der Waals surface area contributed by atoms with Gasteiger partial charge in [0.15, 0.2) is 11.5 Å². The fourth-order valence-electron chi connectivity index (χ4n) is 2.99. The molecule has 0 unspecified atom stereocenters. The number of rotatable bonds is 3. The molecule has 1 aliphatic carbocycles. The van der Waals surface area contributed by atoms with Gasteiger partial charge in [-0.2, -0.15) is 0 Å². The van der Waals surface area contributed by atoms with Crippen molar-refractivity contribution >= 4 is 15.9 Å². The van der Waals surface area contributed by atoms with Gasteiger partial charge >= 0.3 is 0 Å². The van der Waals surface area contributed by atoms with Crippen LogP contribution in [0.25, 0.3) is 0 Å². The summed E-state index contributed by atoms with van der Waals surface area (Å²) in [7, 11) is 0. The molecule has 110 valence electrons. The van der Waals surface area contributed by atoms with Crippen molar-refractivity contribution in [2.24, 2.45) is 5.92 Å². The maximum absolute atomic E-state index is 5.67. The molecular formula is C16H22BrNO2. The largest absolute Gasteiger partial charge is 0.486 e. The van der Waals surface area contributed by atoms with Crippen LogP contribution in [0.4, 0.5) is 0 Å².